The van der Waals surface area contributed by atoms with E-state index >= 15 is 0 Å². The molecule has 0 saturated heterocycles. The third kappa shape index (κ3) is 3.55. The van der Waals surface area contributed by atoms with Crippen molar-refractivity contribution in [3.05, 3.63) is 12.7 Å². The van der Waals surface area contributed by atoms with Gasteiger partial charge in [-0.2, -0.15) is 30.7 Å². The topological polar surface area (TPSA) is 26.3 Å². The van der Waals surface area contributed by atoms with Gasteiger partial charge in [-0.15, -0.1) is 12.6 Å². The Hall–Kier alpha value is -1.00. The van der Waals surface area contributed by atoms with Crippen LogP contribution in [-0.4, -0.2) is 35.6 Å². The molecule has 1 atom stereocenters. The molecule has 0 radical (unpaired) electrons. The van der Waals surface area contributed by atoms with Crippen molar-refractivity contribution in [1.29, 1.82) is 0 Å². The van der Waals surface area contributed by atoms with E-state index in [2.05, 4.69) is 11.3 Å². The van der Waals surface area contributed by atoms with E-state index in [1.54, 1.807) is 0 Å². The van der Waals surface area contributed by atoms with Crippen LogP contribution in [0.5, 0.6) is 0 Å². The maximum Gasteiger partial charge on any atom is 0.438 e. The molecule has 0 amide bonds. The SMILES string of the molecule is C=CC(=O)OCCC(F)(F)C(F)(F)C(F)(S)C(F)(F)F. The zero-order valence-electron chi connectivity index (χ0n) is 9.49. The van der Waals surface area contributed by atoms with Crippen molar-refractivity contribution in [2.75, 3.05) is 6.61 Å². The highest BCUT2D eigenvalue weighted by Crippen LogP contribution is 2.55. The van der Waals surface area contributed by atoms with Crippen LogP contribution < -0.4 is 0 Å². The molecule has 2 nitrogen and oxygen atoms in total. The summed E-state index contributed by atoms with van der Waals surface area (Å²) in [4.78, 5) is 10.5. The smallest absolute Gasteiger partial charge is 0.438 e. The van der Waals surface area contributed by atoms with Gasteiger partial charge in [-0.05, 0) is 0 Å². The molecule has 20 heavy (non-hydrogen) atoms. The van der Waals surface area contributed by atoms with Crippen LogP contribution in [0.15, 0.2) is 12.7 Å². The van der Waals surface area contributed by atoms with Crippen molar-refractivity contribution in [3.8, 4) is 0 Å². The average molecular weight is 332 g/mol. The van der Waals surface area contributed by atoms with E-state index in [9.17, 15) is 39.9 Å². The van der Waals surface area contributed by atoms with Gasteiger partial charge in [0.25, 0.3) is 0 Å². The molecule has 0 aliphatic heterocycles. The predicted molar refractivity (Wildman–Crippen MR) is 54.5 cm³/mol. The highest BCUT2D eigenvalue weighted by molar-refractivity contribution is 7.81. The van der Waals surface area contributed by atoms with E-state index in [-0.39, 0.29) is 0 Å². The molecule has 0 fully saturated rings. The van der Waals surface area contributed by atoms with Crippen molar-refractivity contribution < 1.29 is 44.7 Å². The number of alkyl halides is 8. The Morgan fingerprint density at radius 3 is 1.90 bits per heavy atom. The van der Waals surface area contributed by atoms with E-state index in [1.807, 2.05) is 12.6 Å². The molecule has 1 unspecified atom stereocenters. The zero-order chi connectivity index (χ0) is 16.4. The van der Waals surface area contributed by atoms with Crippen molar-refractivity contribution in [2.45, 2.75) is 29.4 Å². The number of halogens is 8. The number of thiol groups is 1. The first-order valence-corrected chi connectivity index (χ1v) is 5.18. The van der Waals surface area contributed by atoms with Crippen molar-refractivity contribution in [1.82, 2.24) is 0 Å². The zero-order valence-corrected chi connectivity index (χ0v) is 10.4. The molecule has 0 aromatic rings. The fourth-order valence-electron chi connectivity index (χ4n) is 0.916. The lowest BCUT2D eigenvalue weighted by Gasteiger charge is -2.35. The second-order valence-electron chi connectivity index (χ2n) is 3.52. The first kappa shape index (κ1) is 19.0. The third-order valence-corrected chi connectivity index (χ3v) is 2.61. The minimum Gasteiger partial charge on any atom is -0.462 e. The summed E-state index contributed by atoms with van der Waals surface area (Å²) in [5.41, 5.74) is 0. The van der Waals surface area contributed by atoms with Crippen molar-refractivity contribution in [2.24, 2.45) is 0 Å². The van der Waals surface area contributed by atoms with Crippen LogP contribution in [0.2, 0.25) is 0 Å². The Kier molecular flexibility index (Phi) is 5.49. The van der Waals surface area contributed by atoms with Gasteiger partial charge in [0.15, 0.2) is 0 Å². The lowest BCUT2D eigenvalue weighted by molar-refractivity contribution is -0.321. The van der Waals surface area contributed by atoms with Gasteiger partial charge in [0.1, 0.15) is 0 Å². The van der Waals surface area contributed by atoms with Crippen LogP contribution in [-0.2, 0) is 9.53 Å². The molecule has 0 N–H and O–H groups in total. The molecule has 11 heteroatoms. The minimum absolute atomic E-state index is 0.518. The number of rotatable bonds is 6. The van der Waals surface area contributed by atoms with Crippen molar-refractivity contribution >= 4 is 18.6 Å². The van der Waals surface area contributed by atoms with E-state index in [1.165, 1.54) is 0 Å². The quantitative estimate of drug-likeness (QED) is 0.349. The molecule has 0 aliphatic rings. The van der Waals surface area contributed by atoms with Gasteiger partial charge in [0.05, 0.1) is 13.0 Å². The van der Waals surface area contributed by atoms with E-state index in [0.29, 0.717) is 6.08 Å². The highest BCUT2D eigenvalue weighted by atomic mass is 32.1. The first-order valence-electron chi connectivity index (χ1n) is 4.73. The molecular weight excluding hydrogens is 324 g/mol. The van der Waals surface area contributed by atoms with Gasteiger partial charge in [0, 0.05) is 6.08 Å². The summed E-state index contributed by atoms with van der Waals surface area (Å²) in [5.74, 6) is -12.9. The number of carbonyl (C=O) groups excluding carboxylic acids is 1. The molecule has 0 spiro atoms. The van der Waals surface area contributed by atoms with Crippen LogP contribution >= 0.6 is 12.6 Å². The Labute approximate surface area is 113 Å². The van der Waals surface area contributed by atoms with E-state index in [0.717, 1.165) is 0 Å². The second kappa shape index (κ2) is 5.78. The maximum absolute atomic E-state index is 13.0. The molecule has 0 aromatic carbocycles. The van der Waals surface area contributed by atoms with Gasteiger partial charge in [-0.1, -0.05) is 6.58 Å². The van der Waals surface area contributed by atoms with Gasteiger partial charge in [-0.25, -0.2) is 9.18 Å². The number of carbonyl (C=O) groups is 1. The largest absolute Gasteiger partial charge is 0.462 e. The van der Waals surface area contributed by atoms with E-state index in [4.69, 9.17) is 0 Å². The molecule has 0 aliphatic carbocycles. The molecule has 0 heterocycles. The highest BCUT2D eigenvalue weighted by Gasteiger charge is 2.78. The van der Waals surface area contributed by atoms with Gasteiger partial charge in [-0.3, -0.25) is 0 Å². The monoisotopic (exact) mass is 332 g/mol. The number of ether oxygens (including phenoxy) is 1. The fraction of sp³-hybridized carbons (Fsp3) is 0.667. The summed E-state index contributed by atoms with van der Waals surface area (Å²) in [7, 11) is 0. The Morgan fingerprint density at radius 2 is 1.55 bits per heavy atom. The Morgan fingerprint density at radius 1 is 1.10 bits per heavy atom. The molecule has 0 saturated carbocycles. The number of hydrogen-bond acceptors (Lipinski definition) is 3. The summed E-state index contributed by atoms with van der Waals surface area (Å²) in [6.45, 7) is 1.51. The summed E-state index contributed by atoms with van der Waals surface area (Å²) in [6, 6.07) is 0. The molecule has 0 bridgehead atoms. The Balaban J connectivity index is 5.07. The second-order valence-corrected chi connectivity index (χ2v) is 4.14. The summed E-state index contributed by atoms with van der Waals surface area (Å²) in [5, 5.41) is -5.74. The molecule has 0 rings (SSSR count). The van der Waals surface area contributed by atoms with Crippen LogP contribution in [0.25, 0.3) is 0 Å². The maximum atomic E-state index is 13.0. The molecule has 0 aromatic heterocycles. The van der Waals surface area contributed by atoms with Crippen LogP contribution in [0.3, 0.4) is 0 Å². The molecular formula is C9H8F8O2S. The Bertz CT molecular complexity index is 377. The van der Waals surface area contributed by atoms with Gasteiger partial charge in [0.2, 0.25) is 0 Å². The normalized spacial score (nSPS) is 16.4. The fourth-order valence-corrected chi connectivity index (χ4v) is 1.08. The van der Waals surface area contributed by atoms with Crippen LogP contribution in [0.4, 0.5) is 35.1 Å². The van der Waals surface area contributed by atoms with Crippen LogP contribution in [0, 0.1) is 0 Å². The van der Waals surface area contributed by atoms with Gasteiger partial charge >= 0.3 is 29.0 Å². The van der Waals surface area contributed by atoms with Crippen molar-refractivity contribution in [3.63, 3.8) is 0 Å². The third-order valence-electron chi connectivity index (χ3n) is 2.08. The summed E-state index contributed by atoms with van der Waals surface area (Å²) in [6.07, 6.45) is -7.84. The lowest BCUT2D eigenvalue weighted by Crippen LogP contribution is -2.60. The lowest BCUT2D eigenvalue weighted by atomic mass is 10.0. The summed E-state index contributed by atoms with van der Waals surface area (Å²) >= 11 is 1.98. The first-order chi connectivity index (χ1) is 8.70. The van der Waals surface area contributed by atoms with Gasteiger partial charge < -0.3 is 4.74 Å². The molecule has 118 valence electrons. The predicted octanol–water partition coefficient (Wildman–Crippen LogP) is 3.53. The average Bonchev–Trinajstić information content (AvgIpc) is 2.26. The number of hydrogen-bond donors (Lipinski definition) is 1. The minimum atomic E-state index is -6.33. The standard InChI is InChI=1S/C9H8F8O2S/c1-2-5(18)19-4-3-6(10,11)7(12,13)8(14,20)9(15,16)17/h2,20H,1,3-4H2. The van der Waals surface area contributed by atoms with E-state index < -0.39 is 42.0 Å². The van der Waals surface area contributed by atoms with Crippen LogP contribution in [0.1, 0.15) is 6.42 Å². The summed E-state index contributed by atoms with van der Waals surface area (Å²) < 4.78 is 105. The number of esters is 1.